The van der Waals surface area contributed by atoms with Crippen molar-refractivity contribution in [2.24, 2.45) is 0 Å². The molecule has 1 heterocycles. The summed E-state index contributed by atoms with van der Waals surface area (Å²) in [5.41, 5.74) is 0.299. The average Bonchev–Trinajstić information content (AvgIpc) is 3.13. The summed E-state index contributed by atoms with van der Waals surface area (Å²) < 4.78 is 32.8. The number of sulfonamides is 1. The Morgan fingerprint density at radius 2 is 1.85 bits per heavy atom. The number of hydrogen-bond donors (Lipinski definition) is 3. The lowest BCUT2D eigenvalue weighted by atomic mass is 10.1. The SMILES string of the molecule is O=C(O)c1cc(S(=O)(=O)Nc2ccccc2)c(Cl)cc1NCc1ccco1. The first-order chi connectivity index (χ1) is 12.9. The Hall–Kier alpha value is -2.97. The van der Waals surface area contributed by atoms with Gasteiger partial charge in [0.05, 0.1) is 29.1 Å². The predicted octanol–water partition coefficient (Wildman–Crippen LogP) is 4.04. The van der Waals surface area contributed by atoms with Crippen molar-refractivity contribution in [1.29, 1.82) is 0 Å². The summed E-state index contributed by atoms with van der Waals surface area (Å²) >= 11 is 6.14. The van der Waals surface area contributed by atoms with E-state index in [0.29, 0.717) is 11.4 Å². The van der Waals surface area contributed by atoms with Crippen LogP contribution in [0.2, 0.25) is 5.02 Å². The zero-order chi connectivity index (χ0) is 19.4. The van der Waals surface area contributed by atoms with Gasteiger partial charge in [-0.1, -0.05) is 29.8 Å². The topological polar surface area (TPSA) is 109 Å². The summed E-state index contributed by atoms with van der Waals surface area (Å²) in [6.07, 6.45) is 1.49. The molecule has 0 aliphatic heterocycles. The fourth-order valence-corrected chi connectivity index (χ4v) is 4.01. The van der Waals surface area contributed by atoms with Gasteiger partial charge >= 0.3 is 5.97 Å². The second kappa shape index (κ2) is 7.73. The summed E-state index contributed by atoms with van der Waals surface area (Å²) in [6.45, 7) is 0.220. The number of halogens is 1. The van der Waals surface area contributed by atoms with Crippen molar-refractivity contribution in [2.75, 3.05) is 10.0 Å². The summed E-state index contributed by atoms with van der Waals surface area (Å²) in [7, 11) is -4.07. The van der Waals surface area contributed by atoms with E-state index in [-0.39, 0.29) is 27.7 Å². The average molecular weight is 407 g/mol. The molecule has 0 fully saturated rings. The van der Waals surface area contributed by atoms with Crippen molar-refractivity contribution < 1.29 is 22.7 Å². The van der Waals surface area contributed by atoms with E-state index in [1.165, 1.54) is 12.3 Å². The van der Waals surface area contributed by atoms with Gasteiger partial charge < -0.3 is 14.8 Å². The first-order valence-corrected chi connectivity index (χ1v) is 9.64. The minimum absolute atomic E-state index is 0.106. The van der Waals surface area contributed by atoms with Crippen LogP contribution in [0.15, 0.2) is 70.2 Å². The van der Waals surface area contributed by atoms with Gasteiger partial charge in [0.15, 0.2) is 0 Å². The summed E-state index contributed by atoms with van der Waals surface area (Å²) in [4.78, 5) is 11.3. The minimum Gasteiger partial charge on any atom is -0.478 e. The molecule has 3 aromatic rings. The number of rotatable bonds is 7. The predicted molar refractivity (Wildman–Crippen MR) is 102 cm³/mol. The number of benzene rings is 2. The molecule has 0 aliphatic rings. The van der Waals surface area contributed by atoms with Crippen molar-refractivity contribution >= 4 is 39.0 Å². The maximum absolute atomic E-state index is 12.6. The van der Waals surface area contributed by atoms with Crippen molar-refractivity contribution in [3.8, 4) is 0 Å². The van der Waals surface area contributed by atoms with E-state index in [1.54, 1.807) is 42.5 Å². The molecule has 0 atom stereocenters. The number of para-hydroxylation sites is 1. The van der Waals surface area contributed by atoms with Crippen LogP contribution in [-0.2, 0) is 16.6 Å². The molecule has 27 heavy (non-hydrogen) atoms. The summed E-state index contributed by atoms with van der Waals surface area (Å²) in [5.74, 6) is -0.699. The number of carbonyl (C=O) groups is 1. The van der Waals surface area contributed by atoms with Gasteiger partial charge in [-0.05, 0) is 36.4 Å². The van der Waals surface area contributed by atoms with Gasteiger partial charge in [0.1, 0.15) is 10.7 Å². The Kier molecular flexibility index (Phi) is 5.38. The van der Waals surface area contributed by atoms with E-state index in [0.717, 1.165) is 6.07 Å². The number of hydrogen-bond acceptors (Lipinski definition) is 5. The lowest BCUT2D eigenvalue weighted by Gasteiger charge is -2.14. The van der Waals surface area contributed by atoms with Crippen molar-refractivity contribution in [3.63, 3.8) is 0 Å². The Labute approximate surface area is 160 Å². The number of anilines is 2. The first kappa shape index (κ1) is 18.8. The third kappa shape index (κ3) is 4.42. The molecule has 3 rings (SSSR count). The highest BCUT2D eigenvalue weighted by molar-refractivity contribution is 7.92. The van der Waals surface area contributed by atoms with Crippen LogP contribution in [0.25, 0.3) is 0 Å². The lowest BCUT2D eigenvalue weighted by molar-refractivity contribution is 0.0697. The molecule has 0 saturated carbocycles. The molecule has 0 bridgehead atoms. The van der Waals surface area contributed by atoms with Crippen LogP contribution in [0, 0.1) is 0 Å². The molecule has 0 amide bonds. The van der Waals surface area contributed by atoms with Crippen LogP contribution in [0.1, 0.15) is 16.1 Å². The Balaban J connectivity index is 1.94. The van der Waals surface area contributed by atoms with Crippen LogP contribution in [0.5, 0.6) is 0 Å². The number of nitrogens with one attached hydrogen (secondary N) is 2. The zero-order valence-electron chi connectivity index (χ0n) is 13.8. The molecule has 3 N–H and O–H groups in total. The normalized spacial score (nSPS) is 11.1. The third-order valence-corrected chi connectivity index (χ3v) is 5.50. The van der Waals surface area contributed by atoms with E-state index in [2.05, 4.69) is 10.0 Å². The monoisotopic (exact) mass is 406 g/mol. The Bertz CT molecular complexity index is 1050. The lowest BCUT2D eigenvalue weighted by Crippen LogP contribution is -2.15. The van der Waals surface area contributed by atoms with Crippen molar-refractivity contribution in [1.82, 2.24) is 0 Å². The smallest absolute Gasteiger partial charge is 0.337 e. The van der Waals surface area contributed by atoms with Gasteiger partial charge in [0, 0.05) is 5.69 Å². The standard InChI is InChI=1S/C18H15ClN2O5S/c19-15-10-16(20-11-13-7-4-8-26-13)14(18(22)23)9-17(15)27(24,25)21-12-5-2-1-3-6-12/h1-10,20-21H,11H2,(H,22,23). The van der Waals surface area contributed by atoms with E-state index in [1.807, 2.05) is 0 Å². The molecule has 7 nitrogen and oxygen atoms in total. The van der Waals surface area contributed by atoms with Gasteiger partial charge in [-0.15, -0.1) is 0 Å². The maximum atomic E-state index is 12.6. The fraction of sp³-hybridized carbons (Fsp3) is 0.0556. The molecule has 1 aromatic heterocycles. The van der Waals surface area contributed by atoms with Gasteiger partial charge in [0.25, 0.3) is 10.0 Å². The first-order valence-electron chi connectivity index (χ1n) is 7.78. The number of carboxylic acid groups (broad SMARTS) is 1. The van der Waals surface area contributed by atoms with Crippen LogP contribution in [0.3, 0.4) is 0 Å². The van der Waals surface area contributed by atoms with Crippen molar-refractivity contribution in [2.45, 2.75) is 11.4 Å². The van der Waals surface area contributed by atoms with Crippen LogP contribution < -0.4 is 10.0 Å². The number of carboxylic acids is 1. The molecular weight excluding hydrogens is 392 g/mol. The highest BCUT2D eigenvalue weighted by Gasteiger charge is 2.23. The highest BCUT2D eigenvalue weighted by Crippen LogP contribution is 2.30. The van der Waals surface area contributed by atoms with E-state index >= 15 is 0 Å². The fourth-order valence-electron chi connectivity index (χ4n) is 2.39. The molecule has 0 aliphatic carbocycles. The summed E-state index contributed by atoms with van der Waals surface area (Å²) in [6, 6.07) is 13.9. The zero-order valence-corrected chi connectivity index (χ0v) is 15.4. The van der Waals surface area contributed by atoms with Crippen LogP contribution in [0.4, 0.5) is 11.4 Å². The quantitative estimate of drug-likeness (QED) is 0.546. The van der Waals surface area contributed by atoms with Gasteiger partial charge in [-0.2, -0.15) is 0 Å². The van der Waals surface area contributed by atoms with Crippen LogP contribution in [-0.4, -0.2) is 19.5 Å². The van der Waals surface area contributed by atoms with E-state index in [4.69, 9.17) is 16.0 Å². The van der Waals surface area contributed by atoms with Crippen molar-refractivity contribution in [3.05, 3.63) is 77.2 Å². The molecule has 2 aromatic carbocycles. The third-order valence-electron chi connectivity index (χ3n) is 3.65. The Morgan fingerprint density at radius 1 is 1.11 bits per heavy atom. The molecule has 140 valence electrons. The second-order valence-electron chi connectivity index (χ2n) is 5.54. The Morgan fingerprint density at radius 3 is 2.48 bits per heavy atom. The molecule has 0 spiro atoms. The van der Waals surface area contributed by atoms with E-state index in [9.17, 15) is 18.3 Å². The molecule has 0 unspecified atom stereocenters. The maximum Gasteiger partial charge on any atom is 0.337 e. The van der Waals surface area contributed by atoms with Gasteiger partial charge in [-0.3, -0.25) is 4.72 Å². The summed E-state index contributed by atoms with van der Waals surface area (Å²) in [5, 5.41) is 12.3. The molecule has 0 saturated heterocycles. The van der Waals surface area contributed by atoms with Gasteiger partial charge in [0.2, 0.25) is 0 Å². The number of furan rings is 1. The highest BCUT2D eigenvalue weighted by atomic mass is 35.5. The minimum atomic E-state index is -4.07. The van der Waals surface area contributed by atoms with Gasteiger partial charge in [-0.25, -0.2) is 13.2 Å². The second-order valence-corrected chi connectivity index (χ2v) is 7.60. The molecule has 0 radical (unpaired) electrons. The molecule has 9 heteroatoms. The number of aromatic carboxylic acids is 1. The van der Waals surface area contributed by atoms with E-state index < -0.39 is 16.0 Å². The molecular formula is C18H15ClN2O5S. The largest absolute Gasteiger partial charge is 0.478 e. The van der Waals surface area contributed by atoms with Crippen LogP contribution >= 0.6 is 11.6 Å².